The van der Waals surface area contributed by atoms with E-state index < -0.39 is 0 Å². The summed E-state index contributed by atoms with van der Waals surface area (Å²) in [6.07, 6.45) is 4.85. The minimum absolute atomic E-state index is 0.140. The van der Waals surface area contributed by atoms with Crippen LogP contribution in [0.3, 0.4) is 0 Å². The monoisotopic (exact) mass is 398 g/mol. The van der Waals surface area contributed by atoms with Gasteiger partial charge in [0.25, 0.3) is 0 Å². The second-order valence-corrected chi connectivity index (χ2v) is 6.84. The van der Waals surface area contributed by atoms with Crippen molar-refractivity contribution >= 4 is 39.5 Å². The molecular formula is C20H19BrN2O2. The molecule has 0 atom stereocenters. The van der Waals surface area contributed by atoms with Crippen LogP contribution in [-0.2, 0) is 16.1 Å². The van der Waals surface area contributed by atoms with E-state index in [4.69, 9.17) is 0 Å². The van der Waals surface area contributed by atoms with E-state index in [9.17, 15) is 9.59 Å². The fourth-order valence-corrected chi connectivity index (χ4v) is 3.16. The van der Waals surface area contributed by atoms with Gasteiger partial charge in [-0.15, -0.1) is 0 Å². The Morgan fingerprint density at radius 1 is 1.20 bits per heavy atom. The van der Waals surface area contributed by atoms with Crippen molar-refractivity contribution in [3.05, 3.63) is 70.2 Å². The van der Waals surface area contributed by atoms with E-state index in [0.29, 0.717) is 13.0 Å². The first-order valence-corrected chi connectivity index (χ1v) is 9.02. The van der Waals surface area contributed by atoms with E-state index in [1.807, 2.05) is 53.4 Å². The third kappa shape index (κ3) is 4.79. The van der Waals surface area contributed by atoms with Gasteiger partial charge in [-0.3, -0.25) is 9.59 Å². The zero-order valence-corrected chi connectivity index (χ0v) is 15.3. The molecule has 3 rings (SSSR count). The number of nitrogens with one attached hydrogen (secondary N) is 1. The molecule has 0 unspecified atom stereocenters. The summed E-state index contributed by atoms with van der Waals surface area (Å²) in [7, 11) is 0. The highest BCUT2D eigenvalue weighted by atomic mass is 79.9. The molecule has 1 N–H and O–H groups in total. The average Bonchev–Trinajstić information content (AvgIpc) is 3.05. The fraction of sp³-hybridized carbons (Fsp3) is 0.200. The topological polar surface area (TPSA) is 49.4 Å². The van der Waals surface area contributed by atoms with Crippen molar-refractivity contribution in [2.75, 3.05) is 11.4 Å². The van der Waals surface area contributed by atoms with E-state index in [2.05, 4.69) is 21.2 Å². The summed E-state index contributed by atoms with van der Waals surface area (Å²) in [4.78, 5) is 25.5. The van der Waals surface area contributed by atoms with Crippen LogP contribution in [0.15, 0.2) is 59.1 Å². The number of anilines is 1. The molecular weight excluding hydrogens is 380 g/mol. The molecule has 0 saturated carbocycles. The highest BCUT2D eigenvalue weighted by molar-refractivity contribution is 9.10. The zero-order chi connectivity index (χ0) is 17.6. The van der Waals surface area contributed by atoms with Crippen LogP contribution in [-0.4, -0.2) is 18.4 Å². The van der Waals surface area contributed by atoms with Crippen LogP contribution < -0.4 is 10.2 Å². The number of rotatable bonds is 5. The third-order valence-electron chi connectivity index (χ3n) is 4.06. The van der Waals surface area contributed by atoms with Gasteiger partial charge in [0.15, 0.2) is 0 Å². The van der Waals surface area contributed by atoms with Crippen LogP contribution in [0.4, 0.5) is 5.69 Å². The minimum atomic E-state index is -0.140. The lowest BCUT2D eigenvalue weighted by atomic mass is 10.2. The Bertz CT molecular complexity index is 800. The molecule has 128 valence electrons. The molecule has 4 nitrogen and oxygen atoms in total. The van der Waals surface area contributed by atoms with Crippen molar-refractivity contribution in [1.82, 2.24) is 5.32 Å². The molecule has 0 bridgehead atoms. The molecule has 2 amide bonds. The fourth-order valence-electron chi connectivity index (χ4n) is 2.75. The number of benzene rings is 2. The van der Waals surface area contributed by atoms with Gasteiger partial charge in [0, 0.05) is 35.7 Å². The van der Waals surface area contributed by atoms with Gasteiger partial charge in [-0.1, -0.05) is 40.2 Å². The second-order valence-electron chi connectivity index (χ2n) is 5.92. The summed E-state index contributed by atoms with van der Waals surface area (Å²) in [5, 5.41) is 2.86. The number of carbonyl (C=O) groups is 2. The molecule has 1 aliphatic heterocycles. The normalized spacial score (nSPS) is 14.3. The van der Waals surface area contributed by atoms with E-state index in [1.54, 1.807) is 6.08 Å². The van der Waals surface area contributed by atoms with Gasteiger partial charge in [-0.2, -0.15) is 0 Å². The summed E-state index contributed by atoms with van der Waals surface area (Å²) >= 11 is 3.41. The Labute approximate surface area is 155 Å². The molecule has 0 aliphatic carbocycles. The van der Waals surface area contributed by atoms with Crippen LogP contribution in [0, 0.1) is 0 Å². The van der Waals surface area contributed by atoms with E-state index in [-0.39, 0.29) is 11.8 Å². The lowest BCUT2D eigenvalue weighted by Crippen LogP contribution is -2.23. The Hall–Kier alpha value is -2.40. The molecule has 0 spiro atoms. The predicted molar refractivity (Wildman–Crippen MR) is 103 cm³/mol. The first-order valence-electron chi connectivity index (χ1n) is 8.22. The summed E-state index contributed by atoms with van der Waals surface area (Å²) in [5.74, 6) is 0.0394. The number of amides is 2. The standard InChI is InChI=1S/C20H19BrN2O2/c21-17-4-1-3-15(13-17)8-11-19(24)22-14-16-6-9-18(10-7-16)23-12-2-5-20(23)25/h1,3-4,6-11,13H,2,5,12,14H2,(H,22,24)/b11-8+. The Balaban J connectivity index is 1.52. The van der Waals surface area contributed by atoms with Gasteiger partial charge < -0.3 is 10.2 Å². The lowest BCUT2D eigenvalue weighted by molar-refractivity contribution is -0.117. The Kier molecular flexibility index (Phi) is 5.66. The van der Waals surface area contributed by atoms with Crippen molar-refractivity contribution in [3.63, 3.8) is 0 Å². The number of hydrogen-bond donors (Lipinski definition) is 1. The van der Waals surface area contributed by atoms with Crippen molar-refractivity contribution in [2.24, 2.45) is 0 Å². The first kappa shape index (κ1) is 17.4. The molecule has 2 aromatic carbocycles. The minimum Gasteiger partial charge on any atom is -0.348 e. The molecule has 0 radical (unpaired) electrons. The third-order valence-corrected chi connectivity index (χ3v) is 4.56. The molecule has 5 heteroatoms. The van der Waals surface area contributed by atoms with Crippen molar-refractivity contribution < 1.29 is 9.59 Å². The van der Waals surface area contributed by atoms with Crippen molar-refractivity contribution in [1.29, 1.82) is 0 Å². The Morgan fingerprint density at radius 3 is 2.68 bits per heavy atom. The lowest BCUT2D eigenvalue weighted by Gasteiger charge is -2.15. The van der Waals surface area contributed by atoms with Gasteiger partial charge in [0.1, 0.15) is 0 Å². The summed E-state index contributed by atoms with van der Waals surface area (Å²) in [5.41, 5.74) is 2.89. The maximum atomic E-state index is 11.9. The van der Waals surface area contributed by atoms with Crippen LogP contribution in [0.2, 0.25) is 0 Å². The summed E-state index contributed by atoms with van der Waals surface area (Å²) < 4.78 is 0.978. The molecule has 1 aliphatic rings. The smallest absolute Gasteiger partial charge is 0.244 e. The van der Waals surface area contributed by atoms with Gasteiger partial charge in [-0.05, 0) is 47.9 Å². The van der Waals surface area contributed by atoms with Crippen molar-refractivity contribution in [2.45, 2.75) is 19.4 Å². The maximum absolute atomic E-state index is 11.9. The van der Waals surface area contributed by atoms with E-state index in [0.717, 1.165) is 34.3 Å². The molecule has 25 heavy (non-hydrogen) atoms. The molecule has 0 aromatic heterocycles. The molecule has 1 fully saturated rings. The van der Waals surface area contributed by atoms with Gasteiger partial charge in [0.05, 0.1) is 0 Å². The maximum Gasteiger partial charge on any atom is 0.244 e. The van der Waals surface area contributed by atoms with Gasteiger partial charge in [0.2, 0.25) is 11.8 Å². The highest BCUT2D eigenvalue weighted by Crippen LogP contribution is 2.21. The molecule has 2 aromatic rings. The van der Waals surface area contributed by atoms with Crippen LogP contribution in [0.1, 0.15) is 24.0 Å². The summed E-state index contributed by atoms with van der Waals surface area (Å²) in [6, 6.07) is 15.5. The second kappa shape index (κ2) is 8.12. The summed E-state index contributed by atoms with van der Waals surface area (Å²) in [6.45, 7) is 1.24. The number of carbonyl (C=O) groups excluding carboxylic acids is 2. The zero-order valence-electron chi connectivity index (χ0n) is 13.7. The molecule has 1 heterocycles. The largest absolute Gasteiger partial charge is 0.348 e. The number of halogens is 1. The van der Waals surface area contributed by atoms with Gasteiger partial charge >= 0.3 is 0 Å². The van der Waals surface area contributed by atoms with Crippen molar-refractivity contribution in [3.8, 4) is 0 Å². The molecule has 1 saturated heterocycles. The number of nitrogens with zero attached hydrogens (tertiary/aromatic N) is 1. The number of hydrogen-bond acceptors (Lipinski definition) is 2. The quantitative estimate of drug-likeness (QED) is 0.776. The highest BCUT2D eigenvalue weighted by Gasteiger charge is 2.21. The Morgan fingerprint density at radius 2 is 2.00 bits per heavy atom. The predicted octanol–water partition coefficient (Wildman–Crippen LogP) is 3.91. The van der Waals surface area contributed by atoms with Gasteiger partial charge in [-0.25, -0.2) is 0 Å². The van der Waals surface area contributed by atoms with Crippen LogP contribution in [0.25, 0.3) is 6.08 Å². The van der Waals surface area contributed by atoms with Crippen LogP contribution in [0.5, 0.6) is 0 Å². The average molecular weight is 399 g/mol. The van der Waals surface area contributed by atoms with Crippen LogP contribution >= 0.6 is 15.9 Å². The first-order chi connectivity index (χ1) is 12.1. The van der Waals surface area contributed by atoms with E-state index in [1.165, 1.54) is 6.08 Å². The van der Waals surface area contributed by atoms with E-state index >= 15 is 0 Å². The SMILES string of the molecule is O=C(/C=C/c1cccc(Br)c1)NCc1ccc(N2CCCC2=O)cc1.